The fourth-order valence-electron chi connectivity index (χ4n) is 5.56. The molecule has 0 bridgehead atoms. The minimum Gasteiger partial charge on any atom is -0.474 e. The van der Waals surface area contributed by atoms with E-state index in [9.17, 15) is 18.4 Å². The fourth-order valence-corrected chi connectivity index (χ4v) is 6.33. The first-order chi connectivity index (χ1) is 18.2. The van der Waals surface area contributed by atoms with Crippen LogP contribution in [-0.2, 0) is 0 Å². The van der Waals surface area contributed by atoms with Crippen molar-refractivity contribution < 1.29 is 23.1 Å². The molecule has 2 saturated carbocycles. The van der Waals surface area contributed by atoms with Crippen molar-refractivity contribution >= 4 is 28.7 Å². The number of amides is 2. The minimum absolute atomic E-state index is 0.0164. The standard InChI is InChI=1S/C26H24F2N6O3S/c1-13-31-11-19(38-13)14-4-5-18-20(33-23(21(27)28)34(18)12-14)24(36)32-15-7-26(8-15)9-16(10-26)37-25-17(22(29)35)3-2-6-30-25/h2-6,11-12,15-16,21H,7-10H2,1H3,(H2,29,35)(H,32,36). The highest BCUT2D eigenvalue weighted by Crippen LogP contribution is 2.56. The van der Waals surface area contributed by atoms with Gasteiger partial charge in [0.05, 0.1) is 15.4 Å². The van der Waals surface area contributed by atoms with E-state index in [0.29, 0.717) is 5.52 Å². The van der Waals surface area contributed by atoms with E-state index in [2.05, 4.69) is 20.3 Å². The van der Waals surface area contributed by atoms with Crippen molar-refractivity contribution in [2.24, 2.45) is 11.1 Å². The van der Waals surface area contributed by atoms with Gasteiger partial charge in [0.1, 0.15) is 11.7 Å². The number of hydrogen-bond donors (Lipinski definition) is 2. The van der Waals surface area contributed by atoms with Crippen LogP contribution in [0.2, 0.25) is 0 Å². The summed E-state index contributed by atoms with van der Waals surface area (Å²) >= 11 is 1.46. The topological polar surface area (TPSA) is 124 Å². The Kier molecular flexibility index (Phi) is 5.86. The maximum absolute atomic E-state index is 13.8. The normalized spacial score (nSPS) is 22.3. The summed E-state index contributed by atoms with van der Waals surface area (Å²) in [5, 5.41) is 3.83. The predicted octanol–water partition coefficient (Wildman–Crippen LogP) is 4.32. The van der Waals surface area contributed by atoms with Gasteiger partial charge in [-0.1, -0.05) is 0 Å². The molecule has 38 heavy (non-hydrogen) atoms. The van der Waals surface area contributed by atoms with Crippen molar-refractivity contribution in [3.63, 3.8) is 0 Å². The lowest BCUT2D eigenvalue weighted by Gasteiger charge is -2.57. The maximum Gasteiger partial charge on any atom is 0.295 e. The van der Waals surface area contributed by atoms with Gasteiger partial charge in [0.2, 0.25) is 5.88 Å². The number of nitrogens with two attached hydrogens (primary N) is 1. The number of hydrogen-bond acceptors (Lipinski definition) is 7. The van der Waals surface area contributed by atoms with E-state index < -0.39 is 24.1 Å². The van der Waals surface area contributed by atoms with Crippen LogP contribution in [0, 0.1) is 12.3 Å². The number of nitrogens with one attached hydrogen (secondary N) is 1. The van der Waals surface area contributed by atoms with Gasteiger partial charge in [0.25, 0.3) is 18.2 Å². The smallest absolute Gasteiger partial charge is 0.295 e. The third-order valence-corrected chi connectivity index (χ3v) is 8.27. The van der Waals surface area contributed by atoms with E-state index in [1.165, 1.54) is 15.7 Å². The average Bonchev–Trinajstić information content (AvgIpc) is 3.45. The second-order valence-electron chi connectivity index (χ2n) is 9.98. The molecule has 4 heterocycles. The zero-order chi connectivity index (χ0) is 26.6. The number of aryl methyl sites for hydroxylation is 1. The van der Waals surface area contributed by atoms with E-state index in [4.69, 9.17) is 10.5 Å². The van der Waals surface area contributed by atoms with Crippen molar-refractivity contribution in [1.29, 1.82) is 0 Å². The SMILES string of the molecule is Cc1ncc(-c2ccc3c(C(=O)NC4CC5(C4)CC(Oc4ncccc4C(N)=O)C5)nc(C(F)F)n3c2)s1. The number of halogens is 2. The van der Waals surface area contributed by atoms with Crippen LogP contribution in [0.25, 0.3) is 16.0 Å². The summed E-state index contributed by atoms with van der Waals surface area (Å²) in [6, 6.07) is 6.56. The number of ether oxygens (including phenoxy) is 1. The summed E-state index contributed by atoms with van der Waals surface area (Å²) < 4.78 is 34.8. The molecular weight excluding hydrogens is 514 g/mol. The summed E-state index contributed by atoms with van der Waals surface area (Å²) in [6.07, 6.45) is 4.96. The number of rotatable bonds is 7. The van der Waals surface area contributed by atoms with Gasteiger partial charge in [-0.15, -0.1) is 11.3 Å². The molecule has 2 aliphatic rings. The van der Waals surface area contributed by atoms with Gasteiger partial charge >= 0.3 is 0 Å². The highest BCUT2D eigenvalue weighted by molar-refractivity contribution is 7.15. The number of carbonyl (C=O) groups is 2. The van der Waals surface area contributed by atoms with E-state index in [0.717, 1.165) is 41.1 Å². The molecule has 2 fully saturated rings. The van der Waals surface area contributed by atoms with E-state index in [1.807, 2.05) is 6.92 Å². The zero-order valence-electron chi connectivity index (χ0n) is 20.4. The first kappa shape index (κ1) is 24.4. The molecule has 0 atom stereocenters. The van der Waals surface area contributed by atoms with E-state index >= 15 is 0 Å². The summed E-state index contributed by atoms with van der Waals surface area (Å²) in [5.41, 5.74) is 6.73. The molecule has 2 aliphatic carbocycles. The Hall–Kier alpha value is -3.93. The molecule has 6 rings (SSSR count). The predicted molar refractivity (Wildman–Crippen MR) is 135 cm³/mol. The molecule has 0 aliphatic heterocycles. The highest BCUT2D eigenvalue weighted by Gasteiger charge is 2.54. The second kappa shape index (κ2) is 9.12. The molecule has 0 aromatic carbocycles. The van der Waals surface area contributed by atoms with Gasteiger partial charge < -0.3 is 15.8 Å². The number of aromatic nitrogens is 4. The summed E-state index contributed by atoms with van der Waals surface area (Å²) in [4.78, 5) is 37.9. The highest BCUT2D eigenvalue weighted by atomic mass is 32.1. The number of primary amides is 1. The van der Waals surface area contributed by atoms with Gasteiger partial charge in [-0.2, -0.15) is 0 Å². The Morgan fingerprint density at radius 1 is 1.21 bits per heavy atom. The summed E-state index contributed by atoms with van der Waals surface area (Å²) in [5.74, 6) is -1.30. The maximum atomic E-state index is 13.8. The zero-order valence-corrected chi connectivity index (χ0v) is 21.2. The number of pyridine rings is 2. The molecule has 0 unspecified atom stereocenters. The van der Waals surface area contributed by atoms with Crippen molar-refractivity contribution in [2.45, 2.75) is 51.2 Å². The van der Waals surface area contributed by atoms with Gasteiger partial charge in [-0.3, -0.25) is 14.0 Å². The molecule has 196 valence electrons. The number of nitrogens with zero attached hydrogens (tertiary/aromatic N) is 4. The monoisotopic (exact) mass is 538 g/mol. The molecule has 1 spiro atoms. The molecular formula is C26H24F2N6O3S. The second-order valence-corrected chi connectivity index (χ2v) is 11.2. The van der Waals surface area contributed by atoms with E-state index in [-0.39, 0.29) is 34.7 Å². The number of thiazole rings is 1. The van der Waals surface area contributed by atoms with Crippen LogP contribution in [-0.4, -0.2) is 43.3 Å². The van der Waals surface area contributed by atoms with Crippen molar-refractivity contribution in [1.82, 2.24) is 24.7 Å². The Morgan fingerprint density at radius 2 is 2.00 bits per heavy atom. The number of carbonyl (C=O) groups excluding carboxylic acids is 2. The van der Waals surface area contributed by atoms with Crippen molar-refractivity contribution in [2.75, 3.05) is 0 Å². The third-order valence-electron chi connectivity index (χ3n) is 7.31. The summed E-state index contributed by atoms with van der Waals surface area (Å²) in [6.45, 7) is 1.87. The van der Waals surface area contributed by atoms with Crippen LogP contribution in [0.15, 0.2) is 42.9 Å². The van der Waals surface area contributed by atoms with Crippen LogP contribution in [0.4, 0.5) is 8.78 Å². The Labute approximate surface area is 220 Å². The number of fused-ring (bicyclic) bond motifs is 1. The van der Waals surface area contributed by atoms with Crippen LogP contribution in [0.1, 0.15) is 63.8 Å². The van der Waals surface area contributed by atoms with Crippen molar-refractivity contribution in [3.05, 3.63) is 64.9 Å². The average molecular weight is 539 g/mol. The number of imidazole rings is 1. The molecule has 2 amide bonds. The minimum atomic E-state index is -2.84. The molecule has 4 aromatic rings. The van der Waals surface area contributed by atoms with Crippen LogP contribution in [0.3, 0.4) is 0 Å². The first-order valence-corrected chi connectivity index (χ1v) is 13.0. The van der Waals surface area contributed by atoms with Gasteiger partial charge in [-0.25, -0.2) is 23.7 Å². The van der Waals surface area contributed by atoms with Gasteiger partial charge in [-0.05, 0) is 62.3 Å². The third kappa shape index (κ3) is 4.28. The lowest BCUT2D eigenvalue weighted by Crippen LogP contribution is -2.58. The molecule has 9 nitrogen and oxygen atoms in total. The lowest BCUT2D eigenvalue weighted by atomic mass is 9.53. The molecule has 0 saturated heterocycles. The Balaban J connectivity index is 1.11. The first-order valence-electron chi connectivity index (χ1n) is 12.2. The van der Waals surface area contributed by atoms with Crippen molar-refractivity contribution in [3.8, 4) is 16.3 Å². The lowest BCUT2D eigenvalue weighted by molar-refractivity contribution is -0.0848. The Bertz CT molecular complexity index is 1550. The number of alkyl halides is 2. The summed E-state index contributed by atoms with van der Waals surface area (Å²) in [7, 11) is 0. The van der Waals surface area contributed by atoms with Crippen LogP contribution >= 0.6 is 11.3 Å². The van der Waals surface area contributed by atoms with Gasteiger partial charge in [0, 0.05) is 30.2 Å². The largest absolute Gasteiger partial charge is 0.474 e. The van der Waals surface area contributed by atoms with E-state index in [1.54, 1.807) is 42.9 Å². The molecule has 3 N–H and O–H groups in total. The molecule has 0 radical (unpaired) electrons. The quantitative estimate of drug-likeness (QED) is 0.361. The fraction of sp³-hybridized carbons (Fsp3) is 0.346. The van der Waals surface area contributed by atoms with Crippen LogP contribution in [0.5, 0.6) is 5.88 Å². The molecule has 12 heteroatoms. The van der Waals surface area contributed by atoms with Gasteiger partial charge in [0.15, 0.2) is 11.5 Å². The van der Waals surface area contributed by atoms with Crippen LogP contribution < -0.4 is 15.8 Å². The Morgan fingerprint density at radius 3 is 2.68 bits per heavy atom. The molecule has 4 aromatic heterocycles.